The van der Waals surface area contributed by atoms with Crippen molar-refractivity contribution < 1.29 is 9.53 Å². The largest absolute Gasteiger partial charge is 0.381 e. The molecular formula is C12H18N4O2. The molecule has 1 aromatic rings. The Morgan fingerprint density at radius 2 is 2.22 bits per heavy atom. The summed E-state index contributed by atoms with van der Waals surface area (Å²) >= 11 is 0. The van der Waals surface area contributed by atoms with Gasteiger partial charge in [0.2, 0.25) is 0 Å². The van der Waals surface area contributed by atoms with Crippen LogP contribution in [0.25, 0.3) is 0 Å². The van der Waals surface area contributed by atoms with Crippen LogP contribution in [0.3, 0.4) is 0 Å². The average Bonchev–Trinajstić information content (AvgIpc) is 2.40. The summed E-state index contributed by atoms with van der Waals surface area (Å²) in [5.74, 6) is 0.450. The Hall–Kier alpha value is -1.69. The number of hydrogen-bond acceptors (Lipinski definition) is 5. The Morgan fingerprint density at radius 3 is 2.94 bits per heavy atom. The molecule has 6 heteroatoms. The fourth-order valence-corrected chi connectivity index (χ4v) is 1.84. The van der Waals surface area contributed by atoms with E-state index < -0.39 is 0 Å². The molecule has 1 aliphatic rings. The molecule has 0 spiro atoms. The van der Waals surface area contributed by atoms with E-state index in [-0.39, 0.29) is 11.9 Å². The second-order valence-electron chi connectivity index (χ2n) is 4.18. The van der Waals surface area contributed by atoms with E-state index in [0.29, 0.717) is 24.7 Å². The topological polar surface area (TPSA) is 76.1 Å². The van der Waals surface area contributed by atoms with E-state index in [1.54, 1.807) is 6.20 Å². The van der Waals surface area contributed by atoms with Crippen molar-refractivity contribution in [3.05, 3.63) is 18.1 Å². The van der Waals surface area contributed by atoms with Crippen LogP contribution in [0.15, 0.2) is 12.4 Å². The molecule has 1 aliphatic heterocycles. The first-order valence-electron chi connectivity index (χ1n) is 6.24. The van der Waals surface area contributed by atoms with E-state index in [2.05, 4.69) is 20.6 Å². The molecule has 0 aliphatic carbocycles. The van der Waals surface area contributed by atoms with Crippen molar-refractivity contribution in [2.24, 2.45) is 0 Å². The lowest BCUT2D eigenvalue weighted by molar-refractivity contribution is 0.0694. The first-order chi connectivity index (χ1) is 8.79. The molecule has 98 valence electrons. The number of rotatable bonds is 4. The summed E-state index contributed by atoms with van der Waals surface area (Å²) in [4.78, 5) is 20.2. The van der Waals surface area contributed by atoms with Gasteiger partial charge in [-0.05, 0) is 19.8 Å². The molecule has 1 fully saturated rings. The molecule has 6 nitrogen and oxygen atoms in total. The van der Waals surface area contributed by atoms with E-state index in [9.17, 15) is 4.79 Å². The highest BCUT2D eigenvalue weighted by atomic mass is 16.5. The Labute approximate surface area is 106 Å². The van der Waals surface area contributed by atoms with Crippen LogP contribution in [0.4, 0.5) is 5.82 Å². The minimum atomic E-state index is -0.172. The Bertz CT molecular complexity index is 405. The lowest BCUT2D eigenvalue weighted by Gasteiger charge is -2.22. The third-order valence-corrected chi connectivity index (χ3v) is 2.78. The summed E-state index contributed by atoms with van der Waals surface area (Å²) in [6, 6.07) is 0.177. The van der Waals surface area contributed by atoms with Gasteiger partial charge in [0, 0.05) is 25.8 Å². The fraction of sp³-hybridized carbons (Fsp3) is 0.583. The molecule has 18 heavy (non-hydrogen) atoms. The van der Waals surface area contributed by atoms with Crippen LogP contribution in [-0.2, 0) is 4.74 Å². The molecule has 0 atom stereocenters. The highest BCUT2D eigenvalue weighted by Crippen LogP contribution is 2.08. The van der Waals surface area contributed by atoms with Crippen LogP contribution in [0, 0.1) is 0 Å². The lowest BCUT2D eigenvalue weighted by atomic mass is 10.1. The zero-order chi connectivity index (χ0) is 12.8. The Morgan fingerprint density at radius 1 is 1.44 bits per heavy atom. The summed E-state index contributed by atoms with van der Waals surface area (Å²) in [7, 11) is 0. The van der Waals surface area contributed by atoms with Gasteiger partial charge in [-0.3, -0.25) is 9.78 Å². The van der Waals surface area contributed by atoms with E-state index in [4.69, 9.17) is 4.74 Å². The summed E-state index contributed by atoms with van der Waals surface area (Å²) < 4.78 is 5.25. The van der Waals surface area contributed by atoms with Crippen LogP contribution in [0.2, 0.25) is 0 Å². The number of amides is 1. The monoisotopic (exact) mass is 250 g/mol. The van der Waals surface area contributed by atoms with Gasteiger partial charge < -0.3 is 15.4 Å². The second-order valence-corrected chi connectivity index (χ2v) is 4.18. The van der Waals surface area contributed by atoms with Crippen LogP contribution in [0.1, 0.15) is 30.3 Å². The van der Waals surface area contributed by atoms with Gasteiger partial charge in [0.15, 0.2) is 0 Å². The Balaban J connectivity index is 1.96. The highest BCUT2D eigenvalue weighted by molar-refractivity contribution is 5.92. The van der Waals surface area contributed by atoms with Crippen molar-refractivity contribution in [3.8, 4) is 0 Å². The van der Waals surface area contributed by atoms with Crippen LogP contribution >= 0.6 is 0 Å². The molecule has 0 bridgehead atoms. The van der Waals surface area contributed by atoms with Gasteiger partial charge in [-0.25, -0.2) is 4.98 Å². The third-order valence-electron chi connectivity index (χ3n) is 2.78. The predicted octanol–water partition coefficient (Wildman–Crippen LogP) is 0.817. The highest BCUT2D eigenvalue weighted by Gasteiger charge is 2.18. The van der Waals surface area contributed by atoms with Gasteiger partial charge in [-0.1, -0.05) is 0 Å². The number of carbonyl (C=O) groups excluding carboxylic acids is 1. The maximum absolute atomic E-state index is 12.0. The van der Waals surface area contributed by atoms with Gasteiger partial charge in [0.1, 0.15) is 11.5 Å². The predicted molar refractivity (Wildman–Crippen MR) is 67.5 cm³/mol. The zero-order valence-electron chi connectivity index (χ0n) is 10.5. The number of nitrogens with one attached hydrogen (secondary N) is 2. The second kappa shape index (κ2) is 6.30. The quantitative estimate of drug-likeness (QED) is 0.827. The molecule has 1 amide bonds. The zero-order valence-corrected chi connectivity index (χ0v) is 10.5. The minimum Gasteiger partial charge on any atom is -0.381 e. The number of nitrogens with zero attached hydrogens (tertiary/aromatic N) is 2. The molecule has 2 rings (SSSR count). The lowest BCUT2D eigenvalue weighted by Crippen LogP contribution is -2.39. The molecule has 0 saturated carbocycles. The SMILES string of the molecule is CCNc1cncc(C(=O)NC2CCOCC2)n1. The average molecular weight is 250 g/mol. The summed E-state index contributed by atoms with van der Waals surface area (Å²) in [6.07, 6.45) is 4.79. The number of carbonyl (C=O) groups is 1. The van der Waals surface area contributed by atoms with Gasteiger partial charge in [0.25, 0.3) is 5.91 Å². The molecule has 0 unspecified atom stereocenters. The summed E-state index contributed by atoms with van der Waals surface area (Å²) in [6.45, 7) is 4.12. The molecule has 0 aromatic carbocycles. The number of ether oxygens (including phenoxy) is 1. The minimum absolute atomic E-state index is 0.172. The molecule has 2 heterocycles. The normalized spacial score (nSPS) is 16.3. The first-order valence-corrected chi connectivity index (χ1v) is 6.24. The molecular weight excluding hydrogens is 232 g/mol. The van der Waals surface area contributed by atoms with Crippen LogP contribution in [-0.4, -0.2) is 41.7 Å². The molecule has 1 saturated heterocycles. The number of aromatic nitrogens is 2. The van der Waals surface area contributed by atoms with Crippen LogP contribution < -0.4 is 10.6 Å². The van der Waals surface area contributed by atoms with E-state index in [1.807, 2.05) is 6.92 Å². The van der Waals surface area contributed by atoms with Gasteiger partial charge in [0.05, 0.1) is 12.4 Å². The maximum atomic E-state index is 12.0. The van der Waals surface area contributed by atoms with Crippen molar-refractivity contribution in [2.75, 3.05) is 25.1 Å². The van der Waals surface area contributed by atoms with E-state index >= 15 is 0 Å². The Kier molecular flexibility index (Phi) is 4.46. The summed E-state index contributed by atoms with van der Waals surface area (Å²) in [5.41, 5.74) is 0.347. The van der Waals surface area contributed by atoms with Crippen LogP contribution in [0.5, 0.6) is 0 Å². The summed E-state index contributed by atoms with van der Waals surface area (Å²) in [5, 5.41) is 5.99. The van der Waals surface area contributed by atoms with Gasteiger partial charge in [-0.2, -0.15) is 0 Å². The number of hydrogen-bond donors (Lipinski definition) is 2. The molecule has 0 radical (unpaired) electrons. The smallest absolute Gasteiger partial charge is 0.271 e. The van der Waals surface area contributed by atoms with Crippen molar-refractivity contribution in [1.82, 2.24) is 15.3 Å². The fourth-order valence-electron chi connectivity index (χ4n) is 1.84. The van der Waals surface area contributed by atoms with Crippen molar-refractivity contribution >= 4 is 11.7 Å². The first kappa shape index (κ1) is 12.8. The standard InChI is InChI=1S/C12H18N4O2/c1-2-14-11-8-13-7-10(16-11)12(17)15-9-3-5-18-6-4-9/h7-9H,2-6H2,1H3,(H,14,16)(H,15,17). The van der Waals surface area contributed by atoms with Crippen molar-refractivity contribution in [1.29, 1.82) is 0 Å². The van der Waals surface area contributed by atoms with Gasteiger partial charge >= 0.3 is 0 Å². The molecule has 1 aromatic heterocycles. The van der Waals surface area contributed by atoms with Crippen molar-refractivity contribution in [3.63, 3.8) is 0 Å². The van der Waals surface area contributed by atoms with E-state index in [0.717, 1.165) is 19.4 Å². The van der Waals surface area contributed by atoms with Crippen molar-refractivity contribution in [2.45, 2.75) is 25.8 Å². The third kappa shape index (κ3) is 3.40. The molecule has 2 N–H and O–H groups in total. The van der Waals surface area contributed by atoms with E-state index in [1.165, 1.54) is 6.20 Å². The maximum Gasteiger partial charge on any atom is 0.271 e. The number of anilines is 1. The van der Waals surface area contributed by atoms with Gasteiger partial charge in [-0.15, -0.1) is 0 Å².